The van der Waals surface area contributed by atoms with Gasteiger partial charge < -0.3 is 10.3 Å². The summed E-state index contributed by atoms with van der Waals surface area (Å²) in [6.45, 7) is 3.82. The Morgan fingerprint density at radius 1 is 1.26 bits per heavy atom. The van der Waals surface area contributed by atoms with Crippen LogP contribution in [0.4, 0.5) is 5.13 Å². The molecule has 2 N–H and O–H groups in total. The van der Waals surface area contributed by atoms with Gasteiger partial charge in [-0.05, 0) is 25.5 Å². The third-order valence-electron chi connectivity index (χ3n) is 2.69. The molecule has 0 saturated carbocycles. The molecule has 0 aromatic carbocycles. The molecular weight excluding hydrogens is 262 g/mol. The molecule has 19 heavy (non-hydrogen) atoms. The van der Waals surface area contributed by atoms with Crippen LogP contribution in [0.15, 0.2) is 23.0 Å². The van der Waals surface area contributed by atoms with Gasteiger partial charge in [-0.25, -0.2) is 4.98 Å². The molecule has 3 rings (SSSR count). The summed E-state index contributed by atoms with van der Waals surface area (Å²) in [7, 11) is 0. The van der Waals surface area contributed by atoms with Gasteiger partial charge in [0, 0.05) is 18.0 Å². The number of thiazole rings is 1. The molecule has 0 bridgehead atoms. The first kappa shape index (κ1) is 11.8. The molecule has 0 aliphatic heterocycles. The van der Waals surface area contributed by atoms with Crippen LogP contribution in [0.2, 0.25) is 0 Å². The molecule has 0 aliphatic rings. The van der Waals surface area contributed by atoms with Crippen molar-refractivity contribution < 1.29 is 4.52 Å². The summed E-state index contributed by atoms with van der Waals surface area (Å²) in [5, 5.41) is 4.49. The summed E-state index contributed by atoms with van der Waals surface area (Å²) in [5.41, 5.74) is 8.36. The molecule has 6 nitrogen and oxygen atoms in total. The summed E-state index contributed by atoms with van der Waals surface area (Å²) < 4.78 is 5.29. The van der Waals surface area contributed by atoms with E-state index >= 15 is 0 Å². The molecule has 0 fully saturated rings. The van der Waals surface area contributed by atoms with Gasteiger partial charge in [0.1, 0.15) is 4.88 Å². The van der Waals surface area contributed by atoms with Crippen LogP contribution in [0.5, 0.6) is 0 Å². The van der Waals surface area contributed by atoms with Crippen LogP contribution < -0.4 is 5.73 Å². The summed E-state index contributed by atoms with van der Waals surface area (Å²) in [4.78, 5) is 13.4. The van der Waals surface area contributed by atoms with Crippen molar-refractivity contribution >= 4 is 16.5 Å². The van der Waals surface area contributed by atoms with Crippen LogP contribution in [0.3, 0.4) is 0 Å². The quantitative estimate of drug-likeness (QED) is 0.771. The minimum Gasteiger partial charge on any atom is -0.375 e. The van der Waals surface area contributed by atoms with Gasteiger partial charge in [0.15, 0.2) is 5.13 Å². The van der Waals surface area contributed by atoms with Gasteiger partial charge in [-0.1, -0.05) is 16.5 Å². The number of hydrogen-bond acceptors (Lipinski definition) is 7. The number of aryl methyl sites for hydroxylation is 2. The molecule has 0 unspecified atom stereocenters. The average molecular weight is 273 g/mol. The maximum Gasteiger partial charge on any atom is 0.270 e. The zero-order chi connectivity index (χ0) is 13.4. The normalized spacial score (nSPS) is 10.8. The summed E-state index contributed by atoms with van der Waals surface area (Å²) in [6, 6.07) is 1.86. The Morgan fingerprint density at radius 2 is 2.11 bits per heavy atom. The summed E-state index contributed by atoms with van der Waals surface area (Å²) in [6.07, 6.45) is 3.47. The Bertz CT molecular complexity index is 733. The Balaban J connectivity index is 2.05. The van der Waals surface area contributed by atoms with E-state index in [1.54, 1.807) is 12.4 Å². The van der Waals surface area contributed by atoms with Crippen LogP contribution in [0.1, 0.15) is 11.3 Å². The molecule has 3 aromatic rings. The van der Waals surface area contributed by atoms with E-state index in [1.807, 2.05) is 19.9 Å². The fourth-order valence-corrected chi connectivity index (χ4v) is 2.52. The van der Waals surface area contributed by atoms with Gasteiger partial charge >= 0.3 is 0 Å². The summed E-state index contributed by atoms with van der Waals surface area (Å²) >= 11 is 1.34. The number of hydrogen-bond donors (Lipinski definition) is 1. The first-order valence-corrected chi connectivity index (χ1v) is 6.45. The highest BCUT2D eigenvalue weighted by Crippen LogP contribution is 2.31. The van der Waals surface area contributed by atoms with E-state index < -0.39 is 0 Å². The van der Waals surface area contributed by atoms with Crippen molar-refractivity contribution in [3.63, 3.8) is 0 Å². The van der Waals surface area contributed by atoms with E-state index in [9.17, 15) is 0 Å². The maximum absolute atomic E-state index is 5.67. The molecule has 0 radical (unpaired) electrons. The minimum absolute atomic E-state index is 0.443. The van der Waals surface area contributed by atoms with Gasteiger partial charge in [-0.3, -0.25) is 4.98 Å². The first-order valence-electron chi connectivity index (χ1n) is 5.63. The van der Waals surface area contributed by atoms with Crippen LogP contribution in [-0.4, -0.2) is 20.1 Å². The molecule has 0 spiro atoms. The van der Waals surface area contributed by atoms with Crippen molar-refractivity contribution in [3.05, 3.63) is 29.7 Å². The van der Waals surface area contributed by atoms with Gasteiger partial charge in [0.2, 0.25) is 5.82 Å². The lowest BCUT2D eigenvalue weighted by Gasteiger charge is -1.97. The Kier molecular flexibility index (Phi) is 2.75. The number of pyridine rings is 1. The van der Waals surface area contributed by atoms with Gasteiger partial charge in [0.05, 0.1) is 5.69 Å². The predicted molar refractivity (Wildman–Crippen MR) is 72.5 cm³/mol. The zero-order valence-electron chi connectivity index (χ0n) is 10.4. The van der Waals surface area contributed by atoms with E-state index in [-0.39, 0.29) is 0 Å². The number of nitrogen functional groups attached to an aromatic ring is 1. The molecular formula is C12H11N5OS. The summed E-state index contributed by atoms with van der Waals surface area (Å²) in [5.74, 6) is 0.985. The van der Waals surface area contributed by atoms with Crippen molar-refractivity contribution in [1.82, 2.24) is 20.1 Å². The molecule has 0 atom stereocenters. The number of anilines is 1. The highest BCUT2D eigenvalue weighted by molar-refractivity contribution is 7.18. The second-order valence-electron chi connectivity index (χ2n) is 4.08. The number of nitrogens with zero attached hydrogens (tertiary/aromatic N) is 4. The van der Waals surface area contributed by atoms with Crippen molar-refractivity contribution in [2.75, 3.05) is 5.73 Å². The van der Waals surface area contributed by atoms with Crippen LogP contribution in [0.25, 0.3) is 22.2 Å². The zero-order valence-corrected chi connectivity index (χ0v) is 11.2. The Hall–Kier alpha value is -2.28. The lowest BCUT2D eigenvalue weighted by Crippen LogP contribution is -1.86. The van der Waals surface area contributed by atoms with Crippen molar-refractivity contribution in [3.8, 4) is 22.2 Å². The highest BCUT2D eigenvalue weighted by atomic mass is 32.1. The smallest absolute Gasteiger partial charge is 0.270 e. The van der Waals surface area contributed by atoms with Gasteiger partial charge in [-0.2, -0.15) is 4.98 Å². The monoisotopic (exact) mass is 273 g/mol. The van der Waals surface area contributed by atoms with Crippen molar-refractivity contribution in [2.45, 2.75) is 13.8 Å². The van der Waals surface area contributed by atoms with Crippen LogP contribution >= 0.6 is 11.3 Å². The number of nitrogens with two attached hydrogens (primary N) is 1. The van der Waals surface area contributed by atoms with Crippen molar-refractivity contribution in [2.24, 2.45) is 0 Å². The molecule has 0 aliphatic carbocycles. The lowest BCUT2D eigenvalue weighted by molar-refractivity contribution is 0.433. The van der Waals surface area contributed by atoms with E-state index in [1.165, 1.54) is 11.3 Å². The van der Waals surface area contributed by atoms with E-state index in [2.05, 4.69) is 20.1 Å². The molecule has 3 aromatic heterocycles. The Labute approximate surface area is 113 Å². The Morgan fingerprint density at radius 3 is 2.79 bits per heavy atom. The predicted octanol–water partition coefficient (Wildman–Crippen LogP) is 2.45. The standard InChI is InChI=1S/C12H11N5OS/c1-6-5-14-4-3-8(6)10-16-11(18-17-10)9-7(2)15-12(13)19-9/h3-5H,1-2H3,(H2,13,15). The molecule has 7 heteroatoms. The molecule has 0 amide bonds. The van der Waals surface area contributed by atoms with E-state index in [0.717, 1.165) is 21.7 Å². The first-order chi connectivity index (χ1) is 9.15. The molecule has 3 heterocycles. The van der Waals surface area contributed by atoms with Gasteiger partial charge in [0.25, 0.3) is 5.89 Å². The van der Waals surface area contributed by atoms with Crippen LogP contribution in [-0.2, 0) is 0 Å². The van der Waals surface area contributed by atoms with E-state index in [4.69, 9.17) is 10.3 Å². The third kappa shape index (κ3) is 2.08. The minimum atomic E-state index is 0.443. The van der Waals surface area contributed by atoms with Gasteiger partial charge in [-0.15, -0.1) is 0 Å². The second kappa shape index (κ2) is 4.43. The topological polar surface area (TPSA) is 90.7 Å². The number of rotatable bonds is 2. The largest absolute Gasteiger partial charge is 0.375 e. The SMILES string of the molecule is Cc1cnccc1-c1noc(-c2sc(N)nc2C)n1. The fourth-order valence-electron chi connectivity index (χ4n) is 1.77. The third-order valence-corrected chi connectivity index (χ3v) is 3.67. The highest BCUT2D eigenvalue weighted by Gasteiger charge is 2.17. The lowest BCUT2D eigenvalue weighted by atomic mass is 10.1. The van der Waals surface area contributed by atoms with E-state index in [0.29, 0.717) is 16.8 Å². The maximum atomic E-state index is 5.67. The second-order valence-corrected chi connectivity index (χ2v) is 5.11. The average Bonchev–Trinajstić information content (AvgIpc) is 2.96. The fraction of sp³-hybridized carbons (Fsp3) is 0.167. The molecule has 0 saturated heterocycles. The van der Waals surface area contributed by atoms with Crippen molar-refractivity contribution in [1.29, 1.82) is 0 Å². The number of aromatic nitrogens is 4. The van der Waals surface area contributed by atoms with Crippen LogP contribution in [0, 0.1) is 13.8 Å². The molecule has 96 valence electrons.